The van der Waals surface area contributed by atoms with E-state index < -0.39 is 5.91 Å². The molecule has 0 rings (SSSR count). The predicted molar refractivity (Wildman–Crippen MR) is 39.1 cm³/mol. The summed E-state index contributed by atoms with van der Waals surface area (Å²) in [6.45, 7) is 4.67. The van der Waals surface area contributed by atoms with Crippen molar-refractivity contribution < 1.29 is 9.53 Å². The highest BCUT2D eigenvalue weighted by Crippen LogP contribution is 1.91. The normalized spacial score (nSPS) is 10.7. The van der Waals surface area contributed by atoms with Crippen LogP contribution in [0.2, 0.25) is 0 Å². The van der Waals surface area contributed by atoms with Crippen LogP contribution in [0.1, 0.15) is 13.8 Å². The zero-order chi connectivity index (χ0) is 7.98. The van der Waals surface area contributed by atoms with Gasteiger partial charge in [-0.05, 0) is 5.92 Å². The minimum Gasteiger partial charge on any atom is -0.501 e. The van der Waals surface area contributed by atoms with Crippen LogP contribution in [0.25, 0.3) is 0 Å². The maximum Gasteiger partial charge on any atom is 0.244 e. The second kappa shape index (κ2) is 4.85. The maximum atomic E-state index is 10.1. The average molecular weight is 143 g/mol. The molecule has 0 aliphatic heterocycles. The summed E-state index contributed by atoms with van der Waals surface area (Å²) in [4.78, 5) is 10.1. The van der Waals surface area contributed by atoms with Gasteiger partial charge in [0, 0.05) is 6.08 Å². The summed E-state index contributed by atoms with van der Waals surface area (Å²) < 4.78 is 4.92. The summed E-state index contributed by atoms with van der Waals surface area (Å²) >= 11 is 0. The molecule has 0 aromatic heterocycles. The standard InChI is InChI=1S/C7H13NO2/c1-6(2)5-10-4-3-7(8)9/h3-4,6H,5H2,1-2H3,(H2,8,9). The highest BCUT2D eigenvalue weighted by molar-refractivity contribution is 5.85. The summed E-state index contributed by atoms with van der Waals surface area (Å²) in [6, 6.07) is 0. The minimum absolute atomic E-state index is 0.470. The molecule has 0 atom stereocenters. The molecule has 0 fully saturated rings. The third kappa shape index (κ3) is 7.01. The molecule has 0 aromatic rings. The SMILES string of the molecule is CC(C)COC=CC(N)=O. The van der Waals surface area contributed by atoms with Crippen LogP contribution in [0.4, 0.5) is 0 Å². The molecule has 0 aromatic carbocycles. The van der Waals surface area contributed by atoms with Gasteiger partial charge in [0.2, 0.25) is 5.91 Å². The van der Waals surface area contributed by atoms with Crippen molar-refractivity contribution >= 4 is 5.91 Å². The lowest BCUT2D eigenvalue weighted by Crippen LogP contribution is -2.06. The van der Waals surface area contributed by atoms with E-state index in [1.165, 1.54) is 12.3 Å². The molecule has 2 N–H and O–H groups in total. The van der Waals surface area contributed by atoms with E-state index in [9.17, 15) is 4.79 Å². The van der Waals surface area contributed by atoms with E-state index in [2.05, 4.69) is 0 Å². The Bertz CT molecular complexity index is 130. The molecule has 10 heavy (non-hydrogen) atoms. The molecular weight excluding hydrogens is 130 g/mol. The van der Waals surface area contributed by atoms with Crippen LogP contribution in [0.15, 0.2) is 12.3 Å². The van der Waals surface area contributed by atoms with Crippen molar-refractivity contribution in [1.29, 1.82) is 0 Å². The van der Waals surface area contributed by atoms with Gasteiger partial charge in [0.05, 0.1) is 12.9 Å². The van der Waals surface area contributed by atoms with E-state index in [-0.39, 0.29) is 0 Å². The molecule has 0 radical (unpaired) electrons. The quantitative estimate of drug-likeness (QED) is 0.464. The molecule has 0 saturated heterocycles. The average Bonchev–Trinajstić information content (AvgIpc) is 1.79. The van der Waals surface area contributed by atoms with Gasteiger partial charge in [0.15, 0.2) is 0 Å². The minimum atomic E-state index is -0.483. The van der Waals surface area contributed by atoms with Gasteiger partial charge in [-0.25, -0.2) is 0 Å². The van der Waals surface area contributed by atoms with Gasteiger partial charge < -0.3 is 10.5 Å². The van der Waals surface area contributed by atoms with Gasteiger partial charge in [-0.2, -0.15) is 0 Å². The maximum absolute atomic E-state index is 10.1. The lowest BCUT2D eigenvalue weighted by molar-refractivity contribution is -0.113. The van der Waals surface area contributed by atoms with Gasteiger partial charge in [-0.3, -0.25) is 4.79 Å². The molecule has 0 unspecified atom stereocenters. The van der Waals surface area contributed by atoms with Crippen LogP contribution in [0, 0.1) is 5.92 Å². The summed E-state index contributed by atoms with van der Waals surface area (Å²) in [5, 5.41) is 0. The summed E-state index contributed by atoms with van der Waals surface area (Å²) in [7, 11) is 0. The fourth-order valence-electron chi connectivity index (χ4n) is 0.363. The molecule has 0 aliphatic rings. The number of primary amides is 1. The second-order valence-corrected chi connectivity index (χ2v) is 2.43. The van der Waals surface area contributed by atoms with Crippen molar-refractivity contribution in [1.82, 2.24) is 0 Å². The van der Waals surface area contributed by atoms with Crippen molar-refractivity contribution in [2.45, 2.75) is 13.8 Å². The molecular formula is C7H13NO2. The molecule has 1 amide bonds. The highest BCUT2D eigenvalue weighted by Gasteiger charge is 1.89. The van der Waals surface area contributed by atoms with Crippen molar-refractivity contribution in [3.05, 3.63) is 12.3 Å². The summed E-state index contributed by atoms with van der Waals surface area (Å²) in [6.07, 6.45) is 2.52. The fourth-order valence-corrected chi connectivity index (χ4v) is 0.363. The molecule has 0 aliphatic carbocycles. The Hall–Kier alpha value is -0.990. The Morgan fingerprint density at radius 3 is 2.70 bits per heavy atom. The first kappa shape index (κ1) is 9.01. The van der Waals surface area contributed by atoms with Crippen LogP contribution in [0.3, 0.4) is 0 Å². The third-order valence-electron chi connectivity index (χ3n) is 0.758. The van der Waals surface area contributed by atoms with Gasteiger partial charge in [-0.15, -0.1) is 0 Å². The number of ether oxygens (including phenoxy) is 1. The van der Waals surface area contributed by atoms with E-state index >= 15 is 0 Å². The van der Waals surface area contributed by atoms with Crippen LogP contribution >= 0.6 is 0 Å². The van der Waals surface area contributed by atoms with E-state index in [4.69, 9.17) is 10.5 Å². The van der Waals surface area contributed by atoms with Crippen molar-refractivity contribution in [3.63, 3.8) is 0 Å². The van der Waals surface area contributed by atoms with Crippen LogP contribution in [-0.2, 0) is 9.53 Å². The number of amides is 1. The largest absolute Gasteiger partial charge is 0.501 e. The molecule has 0 saturated carbocycles. The first-order valence-corrected chi connectivity index (χ1v) is 3.20. The number of hydrogen-bond donors (Lipinski definition) is 1. The summed E-state index contributed by atoms with van der Waals surface area (Å²) in [5.41, 5.74) is 4.80. The fraction of sp³-hybridized carbons (Fsp3) is 0.571. The van der Waals surface area contributed by atoms with Crippen LogP contribution in [-0.4, -0.2) is 12.5 Å². The first-order chi connectivity index (χ1) is 4.63. The van der Waals surface area contributed by atoms with Crippen LogP contribution in [0.5, 0.6) is 0 Å². The lowest BCUT2D eigenvalue weighted by atomic mass is 10.2. The van der Waals surface area contributed by atoms with Crippen LogP contribution < -0.4 is 5.73 Å². The Labute approximate surface area is 60.9 Å². The monoisotopic (exact) mass is 143 g/mol. The Kier molecular flexibility index (Phi) is 4.37. The van der Waals surface area contributed by atoms with Crippen molar-refractivity contribution in [2.75, 3.05) is 6.61 Å². The Morgan fingerprint density at radius 2 is 2.30 bits per heavy atom. The number of hydrogen-bond acceptors (Lipinski definition) is 2. The zero-order valence-electron chi connectivity index (χ0n) is 6.33. The number of carbonyl (C=O) groups excluding carboxylic acids is 1. The van der Waals surface area contributed by atoms with E-state index in [0.29, 0.717) is 12.5 Å². The molecule has 0 spiro atoms. The Morgan fingerprint density at radius 1 is 1.70 bits per heavy atom. The highest BCUT2D eigenvalue weighted by atomic mass is 16.5. The zero-order valence-corrected chi connectivity index (χ0v) is 6.33. The van der Waals surface area contributed by atoms with Gasteiger partial charge in [0.25, 0.3) is 0 Å². The topological polar surface area (TPSA) is 52.3 Å². The molecule has 0 bridgehead atoms. The second-order valence-electron chi connectivity index (χ2n) is 2.43. The van der Waals surface area contributed by atoms with E-state index in [0.717, 1.165) is 0 Å². The summed E-state index contributed by atoms with van der Waals surface area (Å²) in [5.74, 6) is -0.0127. The number of carbonyl (C=O) groups is 1. The molecule has 58 valence electrons. The third-order valence-corrected chi connectivity index (χ3v) is 0.758. The van der Waals surface area contributed by atoms with Crippen molar-refractivity contribution in [3.8, 4) is 0 Å². The van der Waals surface area contributed by atoms with Gasteiger partial charge in [0.1, 0.15) is 0 Å². The molecule has 0 heterocycles. The van der Waals surface area contributed by atoms with E-state index in [1.54, 1.807) is 0 Å². The number of nitrogens with two attached hydrogens (primary N) is 1. The van der Waals surface area contributed by atoms with Crippen molar-refractivity contribution in [2.24, 2.45) is 11.7 Å². The van der Waals surface area contributed by atoms with Gasteiger partial charge >= 0.3 is 0 Å². The van der Waals surface area contributed by atoms with E-state index in [1.807, 2.05) is 13.8 Å². The predicted octanol–water partition coefficient (Wildman–Crippen LogP) is 0.658. The first-order valence-electron chi connectivity index (χ1n) is 3.20. The smallest absolute Gasteiger partial charge is 0.244 e. The lowest BCUT2D eigenvalue weighted by Gasteiger charge is -2.01. The van der Waals surface area contributed by atoms with Gasteiger partial charge in [-0.1, -0.05) is 13.8 Å². The number of rotatable bonds is 4. The molecule has 3 heteroatoms. The Balaban J connectivity index is 3.27. The molecule has 3 nitrogen and oxygen atoms in total.